The summed E-state index contributed by atoms with van der Waals surface area (Å²) in [4.78, 5) is 15.8. The van der Waals surface area contributed by atoms with Crippen LogP contribution in [0.1, 0.15) is 29.6 Å². The molecule has 4 nitrogen and oxygen atoms in total. The quantitative estimate of drug-likeness (QED) is 0.866. The number of hydrogen-bond donors (Lipinski definition) is 2. The van der Waals surface area contributed by atoms with Crippen molar-refractivity contribution in [2.45, 2.75) is 25.3 Å². The summed E-state index contributed by atoms with van der Waals surface area (Å²) in [6.07, 6.45) is 5.76. The Hall–Kier alpha value is -1.49. The number of rotatable bonds is 3. The first kappa shape index (κ1) is 12.5. The number of aromatic nitrogens is 1. The van der Waals surface area contributed by atoms with E-state index in [1.807, 2.05) is 0 Å². The van der Waals surface area contributed by atoms with Crippen LogP contribution in [0, 0.1) is 23.6 Å². The van der Waals surface area contributed by atoms with Gasteiger partial charge in [0.25, 0.3) is 5.91 Å². The van der Waals surface area contributed by atoms with Gasteiger partial charge in [-0.15, -0.1) is 0 Å². The lowest BCUT2D eigenvalue weighted by Crippen LogP contribution is -2.45. The van der Waals surface area contributed by atoms with Crippen molar-refractivity contribution in [1.82, 2.24) is 10.3 Å². The Morgan fingerprint density at radius 2 is 2.21 bits per heavy atom. The number of aliphatic hydroxyl groups is 1. The molecule has 2 fully saturated rings. The maximum Gasteiger partial charge on any atom is 0.253 e. The Morgan fingerprint density at radius 1 is 1.42 bits per heavy atom. The van der Waals surface area contributed by atoms with Gasteiger partial charge in [-0.3, -0.25) is 9.78 Å². The molecular weight excluding hydrogens is 247 g/mol. The summed E-state index contributed by atoms with van der Waals surface area (Å²) in [5, 5.41) is 12.4. The second-order valence-electron chi connectivity index (χ2n) is 5.57. The molecule has 4 atom stereocenters. The maximum absolute atomic E-state index is 13.1. The largest absolute Gasteiger partial charge is 0.396 e. The molecule has 0 spiro atoms. The zero-order valence-electron chi connectivity index (χ0n) is 10.6. The van der Waals surface area contributed by atoms with Gasteiger partial charge in [-0.05, 0) is 37.2 Å². The van der Waals surface area contributed by atoms with Gasteiger partial charge in [0.2, 0.25) is 0 Å². The van der Waals surface area contributed by atoms with E-state index in [9.17, 15) is 14.3 Å². The minimum absolute atomic E-state index is 0.0134. The maximum atomic E-state index is 13.1. The standard InChI is InChI=1S/C14H17FN2O2/c15-11-4-10(5-16-6-11)14(19)17-13-9-2-1-8(3-9)12(13)7-18/h4-6,8-9,12-13,18H,1-3,7H2,(H,17,19)/t8-,9-,12-,13+/m0/s1. The van der Waals surface area contributed by atoms with Gasteiger partial charge in [-0.1, -0.05) is 0 Å². The molecule has 2 aliphatic rings. The highest BCUT2D eigenvalue weighted by Gasteiger charge is 2.47. The number of nitrogens with one attached hydrogen (secondary N) is 1. The van der Waals surface area contributed by atoms with Gasteiger partial charge in [0.15, 0.2) is 0 Å². The first-order valence-corrected chi connectivity index (χ1v) is 6.71. The SMILES string of the molecule is O=C(N[C@@H]1[C@H]2CC[C@@H](C2)[C@@H]1CO)c1cncc(F)c1. The number of pyridine rings is 1. The summed E-state index contributed by atoms with van der Waals surface area (Å²) < 4.78 is 13.1. The van der Waals surface area contributed by atoms with Crippen LogP contribution in [0.15, 0.2) is 18.5 Å². The lowest BCUT2D eigenvalue weighted by Gasteiger charge is -2.30. The summed E-state index contributed by atoms with van der Waals surface area (Å²) in [6.45, 7) is 0.105. The van der Waals surface area contributed by atoms with E-state index in [-0.39, 0.29) is 30.0 Å². The van der Waals surface area contributed by atoms with Crippen molar-refractivity contribution in [1.29, 1.82) is 0 Å². The molecule has 2 saturated carbocycles. The molecule has 102 valence electrons. The minimum Gasteiger partial charge on any atom is -0.396 e. The number of amides is 1. The van der Waals surface area contributed by atoms with Crippen LogP contribution in [-0.2, 0) is 0 Å². The lowest BCUT2D eigenvalue weighted by atomic mass is 9.85. The molecule has 2 aliphatic carbocycles. The van der Waals surface area contributed by atoms with E-state index >= 15 is 0 Å². The van der Waals surface area contributed by atoms with E-state index < -0.39 is 5.82 Å². The monoisotopic (exact) mass is 264 g/mol. The molecule has 0 aliphatic heterocycles. The van der Waals surface area contributed by atoms with Gasteiger partial charge < -0.3 is 10.4 Å². The molecule has 1 heterocycles. The Bertz CT molecular complexity index is 494. The van der Waals surface area contributed by atoms with Crippen LogP contribution in [0.5, 0.6) is 0 Å². The number of aliphatic hydroxyl groups excluding tert-OH is 1. The molecule has 0 radical (unpaired) electrons. The smallest absolute Gasteiger partial charge is 0.253 e. The Balaban J connectivity index is 1.73. The van der Waals surface area contributed by atoms with Crippen molar-refractivity contribution in [3.05, 3.63) is 29.8 Å². The van der Waals surface area contributed by atoms with Gasteiger partial charge >= 0.3 is 0 Å². The van der Waals surface area contributed by atoms with Crippen LogP contribution >= 0.6 is 0 Å². The van der Waals surface area contributed by atoms with E-state index in [0.717, 1.165) is 25.5 Å². The van der Waals surface area contributed by atoms with Crippen molar-refractivity contribution in [2.75, 3.05) is 6.61 Å². The molecular formula is C14H17FN2O2. The molecule has 2 bridgehead atoms. The van der Waals surface area contributed by atoms with Crippen LogP contribution in [-0.4, -0.2) is 28.6 Å². The highest BCUT2D eigenvalue weighted by atomic mass is 19.1. The summed E-state index contributed by atoms with van der Waals surface area (Å²) in [5.74, 6) is 0.296. The van der Waals surface area contributed by atoms with Gasteiger partial charge in [-0.25, -0.2) is 4.39 Å². The predicted octanol–water partition coefficient (Wildman–Crippen LogP) is 1.36. The molecule has 1 amide bonds. The fourth-order valence-corrected chi connectivity index (χ4v) is 3.67. The van der Waals surface area contributed by atoms with Crippen LogP contribution in [0.3, 0.4) is 0 Å². The first-order valence-electron chi connectivity index (χ1n) is 6.71. The van der Waals surface area contributed by atoms with Crippen molar-refractivity contribution >= 4 is 5.91 Å². The summed E-state index contributed by atoms with van der Waals surface area (Å²) in [5.41, 5.74) is 0.236. The van der Waals surface area contributed by atoms with Crippen LogP contribution in [0.25, 0.3) is 0 Å². The Kier molecular flexibility index (Phi) is 3.22. The fraction of sp³-hybridized carbons (Fsp3) is 0.571. The number of nitrogens with zero attached hydrogens (tertiary/aromatic N) is 1. The Morgan fingerprint density at radius 3 is 2.95 bits per heavy atom. The van der Waals surface area contributed by atoms with E-state index in [1.165, 1.54) is 12.3 Å². The molecule has 19 heavy (non-hydrogen) atoms. The normalized spacial score (nSPS) is 32.5. The van der Waals surface area contributed by atoms with Crippen molar-refractivity contribution in [2.24, 2.45) is 17.8 Å². The first-order chi connectivity index (χ1) is 9.19. The molecule has 5 heteroatoms. The van der Waals surface area contributed by atoms with Gasteiger partial charge in [0, 0.05) is 24.8 Å². The zero-order valence-corrected chi connectivity index (χ0v) is 10.6. The second-order valence-corrected chi connectivity index (χ2v) is 5.57. The predicted molar refractivity (Wildman–Crippen MR) is 66.9 cm³/mol. The topological polar surface area (TPSA) is 62.2 Å². The number of carbonyl (C=O) groups excluding carboxylic acids is 1. The van der Waals surface area contributed by atoms with Crippen LogP contribution < -0.4 is 5.32 Å². The van der Waals surface area contributed by atoms with Gasteiger partial charge in [-0.2, -0.15) is 0 Å². The number of carbonyl (C=O) groups is 1. The highest BCUT2D eigenvalue weighted by molar-refractivity contribution is 5.94. The van der Waals surface area contributed by atoms with E-state index in [4.69, 9.17) is 0 Å². The number of fused-ring (bicyclic) bond motifs is 2. The zero-order chi connectivity index (χ0) is 13.4. The van der Waals surface area contributed by atoms with Crippen molar-refractivity contribution in [3.8, 4) is 0 Å². The molecule has 0 aromatic carbocycles. The molecule has 1 aromatic rings. The second kappa shape index (κ2) is 4.89. The summed E-state index contributed by atoms with van der Waals surface area (Å²) >= 11 is 0. The third-order valence-corrected chi connectivity index (χ3v) is 4.56. The Labute approximate surface area is 111 Å². The molecule has 0 unspecified atom stereocenters. The van der Waals surface area contributed by atoms with Crippen LogP contribution in [0.4, 0.5) is 4.39 Å². The van der Waals surface area contributed by atoms with Gasteiger partial charge in [0.1, 0.15) is 5.82 Å². The number of halogens is 1. The number of hydrogen-bond acceptors (Lipinski definition) is 3. The van der Waals surface area contributed by atoms with Crippen molar-refractivity contribution in [3.63, 3.8) is 0 Å². The molecule has 2 N–H and O–H groups in total. The molecule has 1 aromatic heterocycles. The van der Waals surface area contributed by atoms with E-state index in [1.54, 1.807) is 0 Å². The third kappa shape index (κ3) is 2.23. The average Bonchev–Trinajstić information content (AvgIpc) is 2.99. The molecule has 0 saturated heterocycles. The minimum atomic E-state index is -0.515. The van der Waals surface area contributed by atoms with Crippen molar-refractivity contribution < 1.29 is 14.3 Å². The van der Waals surface area contributed by atoms with Gasteiger partial charge in [0.05, 0.1) is 11.8 Å². The molecule has 3 rings (SSSR count). The fourth-order valence-electron chi connectivity index (χ4n) is 3.67. The van der Waals surface area contributed by atoms with E-state index in [2.05, 4.69) is 10.3 Å². The third-order valence-electron chi connectivity index (χ3n) is 4.56. The highest BCUT2D eigenvalue weighted by Crippen LogP contribution is 2.48. The lowest BCUT2D eigenvalue weighted by molar-refractivity contribution is 0.0860. The summed E-state index contributed by atoms with van der Waals surface area (Å²) in [7, 11) is 0. The van der Waals surface area contributed by atoms with E-state index in [0.29, 0.717) is 11.8 Å². The summed E-state index contributed by atoms with van der Waals surface area (Å²) in [6, 6.07) is 1.20. The van der Waals surface area contributed by atoms with Crippen LogP contribution in [0.2, 0.25) is 0 Å². The average molecular weight is 264 g/mol.